The van der Waals surface area contributed by atoms with Crippen LogP contribution in [0.4, 0.5) is 0 Å². The summed E-state index contributed by atoms with van der Waals surface area (Å²) in [6, 6.07) is 0. The second-order valence-corrected chi connectivity index (χ2v) is 2.18. The van der Waals surface area contributed by atoms with Crippen molar-refractivity contribution in [3.63, 3.8) is 0 Å². The first-order chi connectivity index (χ1) is 4.61. The van der Waals surface area contributed by atoms with Gasteiger partial charge < -0.3 is 5.11 Å². The van der Waals surface area contributed by atoms with Crippen LogP contribution in [0.2, 0.25) is 0 Å². The number of allylic oxidation sites excluding steroid dienone is 1. The van der Waals surface area contributed by atoms with Crippen LogP contribution >= 0.6 is 0 Å². The van der Waals surface area contributed by atoms with E-state index in [-0.39, 0.29) is 12.3 Å². The van der Waals surface area contributed by atoms with Crippen molar-refractivity contribution in [3.8, 4) is 0 Å². The molecule has 1 aliphatic rings. The van der Waals surface area contributed by atoms with Gasteiger partial charge in [0.15, 0.2) is 5.88 Å². The van der Waals surface area contributed by atoms with Gasteiger partial charge in [-0.15, -0.1) is 0 Å². The molecule has 1 amide bonds. The van der Waals surface area contributed by atoms with Crippen molar-refractivity contribution in [1.29, 1.82) is 0 Å². The highest BCUT2D eigenvalue weighted by molar-refractivity contribution is 6.37. The molecule has 10 heavy (non-hydrogen) atoms. The molecule has 0 radical (unpaired) electrons. The van der Waals surface area contributed by atoms with E-state index in [1.165, 1.54) is 0 Å². The van der Waals surface area contributed by atoms with Crippen LogP contribution in [0.25, 0.3) is 0 Å². The Hall–Kier alpha value is -1.32. The number of carbonyl (C=O) groups excluding carboxylic acids is 2. The lowest BCUT2D eigenvalue weighted by Crippen LogP contribution is -2.35. The van der Waals surface area contributed by atoms with Gasteiger partial charge in [-0.25, -0.2) is 0 Å². The maximum Gasteiger partial charge on any atom is 0.294 e. The molecule has 1 heterocycles. The number of rotatable bonds is 0. The van der Waals surface area contributed by atoms with Crippen LogP contribution < -0.4 is 5.32 Å². The summed E-state index contributed by atoms with van der Waals surface area (Å²) >= 11 is 0. The average Bonchev–Trinajstić information content (AvgIpc) is 1.84. The summed E-state index contributed by atoms with van der Waals surface area (Å²) in [5.74, 6) is -1.43. The van der Waals surface area contributed by atoms with E-state index >= 15 is 0 Å². The summed E-state index contributed by atoms with van der Waals surface area (Å²) < 4.78 is 0. The average molecular weight is 141 g/mol. The summed E-state index contributed by atoms with van der Waals surface area (Å²) in [6.45, 7) is 1.59. The Balaban J connectivity index is 2.89. The molecule has 4 heteroatoms. The van der Waals surface area contributed by atoms with Crippen molar-refractivity contribution in [1.82, 2.24) is 5.32 Å². The summed E-state index contributed by atoms with van der Waals surface area (Å²) in [4.78, 5) is 21.1. The normalized spacial score (nSPS) is 19.3. The Kier molecular flexibility index (Phi) is 1.45. The lowest BCUT2D eigenvalue weighted by molar-refractivity contribution is -0.138. The fourth-order valence-corrected chi connectivity index (χ4v) is 0.689. The first-order valence-corrected chi connectivity index (χ1v) is 2.84. The number of hydrogen-bond donors (Lipinski definition) is 2. The highest BCUT2D eigenvalue weighted by atomic mass is 16.3. The second kappa shape index (κ2) is 2.13. The lowest BCUT2D eigenvalue weighted by Gasteiger charge is -2.11. The number of Topliss-reactive ketones (excluding diaryl/α,β-unsaturated/α-hetero) is 1. The smallest absolute Gasteiger partial charge is 0.294 e. The predicted molar refractivity (Wildman–Crippen MR) is 33.1 cm³/mol. The number of aliphatic hydroxyl groups excluding tert-OH is 1. The van der Waals surface area contributed by atoms with E-state index in [4.69, 9.17) is 5.11 Å². The fraction of sp³-hybridized carbons (Fsp3) is 0.333. The van der Waals surface area contributed by atoms with Crippen LogP contribution in [0.3, 0.4) is 0 Å². The molecule has 0 aromatic carbocycles. The van der Waals surface area contributed by atoms with Gasteiger partial charge in [0.25, 0.3) is 5.91 Å². The molecule has 1 rings (SSSR count). The molecule has 0 atom stereocenters. The maximum atomic E-state index is 10.6. The summed E-state index contributed by atoms with van der Waals surface area (Å²) in [5, 5.41) is 10.9. The van der Waals surface area contributed by atoms with E-state index in [0.29, 0.717) is 5.57 Å². The Morgan fingerprint density at radius 2 is 2.10 bits per heavy atom. The Morgan fingerprint density at radius 3 is 2.60 bits per heavy atom. The van der Waals surface area contributed by atoms with Gasteiger partial charge in [0.1, 0.15) is 0 Å². The van der Waals surface area contributed by atoms with Gasteiger partial charge in [0.05, 0.1) is 0 Å². The number of ketones is 1. The predicted octanol–water partition coefficient (Wildman–Crippen LogP) is -0.135. The standard InChI is InChI=1S/C6H7NO3/c1-3-2-4(8)6(10)7-5(3)9/h9H,2H2,1H3,(H,7,10). The molecule has 0 aromatic rings. The third kappa shape index (κ3) is 1.00. The van der Waals surface area contributed by atoms with E-state index in [0.717, 1.165) is 0 Å². The van der Waals surface area contributed by atoms with Crippen LogP contribution in [-0.4, -0.2) is 16.8 Å². The molecular formula is C6H7NO3. The third-order valence-electron chi connectivity index (χ3n) is 1.32. The molecular weight excluding hydrogens is 134 g/mol. The summed E-state index contributed by atoms with van der Waals surface area (Å²) in [6.07, 6.45) is 0.0255. The first kappa shape index (κ1) is 6.80. The molecule has 0 bridgehead atoms. The van der Waals surface area contributed by atoms with Crippen molar-refractivity contribution in [2.24, 2.45) is 0 Å². The van der Waals surface area contributed by atoms with Crippen LogP contribution in [-0.2, 0) is 9.59 Å². The van der Waals surface area contributed by atoms with Gasteiger partial charge in [-0.2, -0.15) is 0 Å². The molecule has 0 aromatic heterocycles. The molecule has 2 N–H and O–H groups in total. The van der Waals surface area contributed by atoms with Crippen molar-refractivity contribution >= 4 is 11.7 Å². The minimum Gasteiger partial charge on any atom is -0.495 e. The quantitative estimate of drug-likeness (QED) is 0.461. The van der Waals surface area contributed by atoms with Gasteiger partial charge in [-0.3, -0.25) is 14.9 Å². The lowest BCUT2D eigenvalue weighted by atomic mass is 10.1. The molecule has 54 valence electrons. The first-order valence-electron chi connectivity index (χ1n) is 2.84. The fourth-order valence-electron chi connectivity index (χ4n) is 0.689. The van der Waals surface area contributed by atoms with Gasteiger partial charge in [-0.05, 0) is 12.5 Å². The maximum absolute atomic E-state index is 10.6. The van der Waals surface area contributed by atoms with Crippen molar-refractivity contribution < 1.29 is 14.7 Å². The van der Waals surface area contributed by atoms with E-state index in [1.54, 1.807) is 6.92 Å². The van der Waals surface area contributed by atoms with Crippen LogP contribution in [0.5, 0.6) is 0 Å². The highest BCUT2D eigenvalue weighted by Gasteiger charge is 2.22. The van der Waals surface area contributed by atoms with Crippen molar-refractivity contribution in [2.45, 2.75) is 13.3 Å². The molecule has 0 unspecified atom stereocenters. The molecule has 4 nitrogen and oxygen atoms in total. The number of nitrogens with one attached hydrogen (secondary N) is 1. The van der Waals surface area contributed by atoms with E-state index < -0.39 is 11.7 Å². The third-order valence-corrected chi connectivity index (χ3v) is 1.32. The summed E-state index contributed by atoms with van der Waals surface area (Å²) in [7, 11) is 0. The minimum absolute atomic E-state index is 0.0255. The zero-order valence-corrected chi connectivity index (χ0v) is 5.47. The number of carbonyl (C=O) groups is 2. The topological polar surface area (TPSA) is 66.4 Å². The number of amides is 1. The number of hydrogen-bond acceptors (Lipinski definition) is 3. The molecule has 0 saturated heterocycles. The molecule has 1 aliphatic heterocycles. The van der Waals surface area contributed by atoms with Crippen LogP contribution in [0.1, 0.15) is 13.3 Å². The van der Waals surface area contributed by atoms with Crippen molar-refractivity contribution in [3.05, 3.63) is 11.5 Å². The van der Waals surface area contributed by atoms with Crippen LogP contribution in [0, 0.1) is 0 Å². The molecule has 0 fully saturated rings. The van der Waals surface area contributed by atoms with E-state index in [9.17, 15) is 9.59 Å². The monoisotopic (exact) mass is 141 g/mol. The Labute approximate surface area is 57.5 Å². The van der Waals surface area contributed by atoms with Gasteiger partial charge in [0.2, 0.25) is 5.78 Å². The minimum atomic E-state index is -0.733. The largest absolute Gasteiger partial charge is 0.495 e. The highest BCUT2D eigenvalue weighted by Crippen LogP contribution is 2.08. The van der Waals surface area contributed by atoms with Gasteiger partial charge in [0, 0.05) is 6.42 Å². The van der Waals surface area contributed by atoms with Crippen LogP contribution in [0.15, 0.2) is 11.5 Å². The summed E-state index contributed by atoms with van der Waals surface area (Å²) in [5.41, 5.74) is 0.504. The van der Waals surface area contributed by atoms with Gasteiger partial charge >= 0.3 is 0 Å². The molecule has 0 spiro atoms. The van der Waals surface area contributed by atoms with E-state index in [1.807, 2.05) is 5.32 Å². The molecule has 0 saturated carbocycles. The number of aliphatic hydroxyl groups is 1. The second-order valence-electron chi connectivity index (χ2n) is 2.18. The Bertz CT molecular complexity index is 205. The zero-order valence-electron chi connectivity index (χ0n) is 5.47. The molecule has 0 aliphatic carbocycles. The van der Waals surface area contributed by atoms with Crippen molar-refractivity contribution in [2.75, 3.05) is 0 Å². The van der Waals surface area contributed by atoms with E-state index in [2.05, 4.69) is 0 Å². The SMILES string of the molecule is CC1=C(O)NC(=O)C(=O)C1. The Morgan fingerprint density at radius 1 is 1.50 bits per heavy atom. The zero-order chi connectivity index (χ0) is 7.72. The van der Waals surface area contributed by atoms with Gasteiger partial charge in [-0.1, -0.05) is 0 Å².